The number of carboxylic acids is 1. The van der Waals surface area contributed by atoms with Crippen LogP contribution in [0.2, 0.25) is 0 Å². The third-order valence-electron chi connectivity index (χ3n) is 2.12. The number of carbonyl (C=O) groups excluding carboxylic acids is 1. The van der Waals surface area contributed by atoms with Crippen LogP contribution in [0.5, 0.6) is 0 Å². The quantitative estimate of drug-likeness (QED) is 0.712. The fraction of sp³-hybridized carbons (Fsp3) is 0.364. The molecular weight excluding hydrogens is 238 g/mol. The van der Waals surface area contributed by atoms with Gasteiger partial charge >= 0.3 is 12.1 Å². The third-order valence-corrected chi connectivity index (χ3v) is 2.12. The molecule has 1 atom stereocenters. The second-order valence-electron chi connectivity index (χ2n) is 3.65. The summed E-state index contributed by atoms with van der Waals surface area (Å²) in [6, 6.07) is -1.05. The average Bonchev–Trinajstić information content (AvgIpc) is 2.71. The smallest absolute Gasteiger partial charge is 0.408 e. The van der Waals surface area contributed by atoms with Gasteiger partial charge in [-0.3, -0.25) is 4.68 Å². The van der Waals surface area contributed by atoms with Crippen molar-refractivity contribution in [1.29, 1.82) is 0 Å². The molecule has 0 spiro atoms. The Labute approximate surface area is 104 Å². The Kier molecular flexibility index (Phi) is 4.91. The third kappa shape index (κ3) is 4.28. The highest BCUT2D eigenvalue weighted by molar-refractivity contribution is 5.80. The van der Waals surface area contributed by atoms with Crippen LogP contribution in [0.4, 0.5) is 4.79 Å². The van der Waals surface area contributed by atoms with Crippen LogP contribution in [0.1, 0.15) is 5.56 Å². The first kappa shape index (κ1) is 13.8. The SMILES string of the molecule is C=CCOC(=O)NC(Cc1cnn(C)c1)C(=O)O. The van der Waals surface area contributed by atoms with E-state index in [2.05, 4.69) is 21.7 Å². The minimum absolute atomic E-state index is 0.0328. The van der Waals surface area contributed by atoms with E-state index in [9.17, 15) is 9.59 Å². The zero-order valence-electron chi connectivity index (χ0n) is 10.00. The Hall–Kier alpha value is -2.31. The number of aliphatic carboxylic acids is 1. The molecule has 7 nitrogen and oxygen atoms in total. The molecule has 0 aliphatic heterocycles. The van der Waals surface area contributed by atoms with Gasteiger partial charge in [-0.1, -0.05) is 12.7 Å². The monoisotopic (exact) mass is 253 g/mol. The van der Waals surface area contributed by atoms with Crippen LogP contribution >= 0.6 is 0 Å². The molecule has 1 heterocycles. The summed E-state index contributed by atoms with van der Waals surface area (Å²) in [4.78, 5) is 22.2. The molecular formula is C11H15N3O4. The number of nitrogens with zero attached hydrogens (tertiary/aromatic N) is 2. The largest absolute Gasteiger partial charge is 0.480 e. The van der Waals surface area contributed by atoms with Crippen molar-refractivity contribution in [2.24, 2.45) is 7.05 Å². The fourth-order valence-electron chi connectivity index (χ4n) is 1.33. The minimum Gasteiger partial charge on any atom is -0.480 e. The molecule has 1 aromatic heterocycles. The zero-order chi connectivity index (χ0) is 13.5. The molecule has 1 amide bonds. The summed E-state index contributed by atoms with van der Waals surface area (Å²) in [5, 5.41) is 15.2. The summed E-state index contributed by atoms with van der Waals surface area (Å²) < 4.78 is 6.22. The number of hydrogen-bond donors (Lipinski definition) is 2. The van der Waals surface area contributed by atoms with Gasteiger partial charge < -0.3 is 15.2 Å². The maximum Gasteiger partial charge on any atom is 0.408 e. The summed E-state index contributed by atoms with van der Waals surface area (Å²) >= 11 is 0. The van der Waals surface area contributed by atoms with Gasteiger partial charge in [-0.05, 0) is 5.56 Å². The predicted molar refractivity (Wildman–Crippen MR) is 63.0 cm³/mol. The van der Waals surface area contributed by atoms with E-state index in [-0.39, 0.29) is 13.0 Å². The van der Waals surface area contributed by atoms with E-state index in [4.69, 9.17) is 5.11 Å². The Morgan fingerprint density at radius 3 is 2.94 bits per heavy atom. The molecule has 1 aromatic rings. The summed E-state index contributed by atoms with van der Waals surface area (Å²) in [5.74, 6) is -1.13. The number of alkyl carbamates (subject to hydrolysis) is 1. The van der Waals surface area contributed by atoms with Crippen LogP contribution in [0.15, 0.2) is 25.0 Å². The van der Waals surface area contributed by atoms with Crippen molar-refractivity contribution in [3.63, 3.8) is 0 Å². The van der Waals surface area contributed by atoms with Gasteiger partial charge in [-0.15, -0.1) is 0 Å². The molecule has 1 rings (SSSR count). The molecule has 0 fully saturated rings. The number of nitrogens with one attached hydrogen (secondary N) is 1. The summed E-state index contributed by atoms with van der Waals surface area (Å²) in [6.45, 7) is 3.42. The Morgan fingerprint density at radius 2 is 2.44 bits per heavy atom. The molecule has 0 aromatic carbocycles. The van der Waals surface area contributed by atoms with Gasteiger partial charge in [0, 0.05) is 19.7 Å². The lowest BCUT2D eigenvalue weighted by atomic mass is 10.1. The van der Waals surface area contributed by atoms with Crippen LogP contribution in [-0.2, 0) is 23.0 Å². The van der Waals surface area contributed by atoms with Gasteiger partial charge in [-0.2, -0.15) is 5.10 Å². The topological polar surface area (TPSA) is 93.5 Å². The number of ether oxygens (including phenoxy) is 1. The van der Waals surface area contributed by atoms with E-state index in [1.54, 1.807) is 24.1 Å². The molecule has 0 radical (unpaired) electrons. The van der Waals surface area contributed by atoms with E-state index in [1.807, 2.05) is 0 Å². The Balaban J connectivity index is 2.57. The van der Waals surface area contributed by atoms with Crippen LogP contribution < -0.4 is 5.32 Å². The standard InChI is InChI=1S/C11H15N3O4/c1-3-4-18-11(17)13-9(10(15)16)5-8-6-12-14(2)7-8/h3,6-7,9H,1,4-5H2,2H3,(H,13,17)(H,15,16). The van der Waals surface area contributed by atoms with E-state index in [1.165, 1.54) is 6.08 Å². The van der Waals surface area contributed by atoms with Crippen LogP contribution in [-0.4, -0.2) is 39.6 Å². The average molecular weight is 253 g/mol. The van der Waals surface area contributed by atoms with Crippen LogP contribution in [0.25, 0.3) is 0 Å². The normalized spacial score (nSPS) is 11.6. The number of aryl methyl sites for hydroxylation is 1. The summed E-state index contributed by atoms with van der Waals surface area (Å²) in [7, 11) is 1.73. The molecule has 0 saturated carbocycles. The highest BCUT2D eigenvalue weighted by Crippen LogP contribution is 2.02. The summed E-state index contributed by atoms with van der Waals surface area (Å²) in [5.41, 5.74) is 0.717. The Bertz CT molecular complexity index is 441. The highest BCUT2D eigenvalue weighted by atomic mass is 16.5. The molecule has 1 unspecified atom stereocenters. The molecule has 7 heteroatoms. The van der Waals surface area contributed by atoms with Gasteiger partial charge in [0.1, 0.15) is 12.6 Å². The molecule has 2 N–H and O–H groups in total. The lowest BCUT2D eigenvalue weighted by Crippen LogP contribution is -2.42. The number of carboxylic acid groups (broad SMARTS) is 1. The van der Waals surface area contributed by atoms with Crippen LogP contribution in [0.3, 0.4) is 0 Å². The number of amides is 1. The van der Waals surface area contributed by atoms with Crippen molar-refractivity contribution in [3.8, 4) is 0 Å². The molecule has 0 saturated heterocycles. The van der Waals surface area contributed by atoms with Gasteiger partial charge in [0.25, 0.3) is 0 Å². The van der Waals surface area contributed by atoms with E-state index in [0.717, 1.165) is 0 Å². The molecule has 0 aliphatic rings. The number of aromatic nitrogens is 2. The van der Waals surface area contributed by atoms with Gasteiger partial charge in [0.05, 0.1) is 6.20 Å². The second kappa shape index (κ2) is 6.43. The minimum atomic E-state index is -1.13. The van der Waals surface area contributed by atoms with Crippen molar-refractivity contribution >= 4 is 12.1 Å². The predicted octanol–water partition coefficient (Wildman–Crippen LogP) is 0.328. The molecule has 18 heavy (non-hydrogen) atoms. The first-order valence-electron chi connectivity index (χ1n) is 5.27. The maximum absolute atomic E-state index is 11.2. The van der Waals surface area contributed by atoms with E-state index >= 15 is 0 Å². The van der Waals surface area contributed by atoms with Crippen molar-refractivity contribution in [2.45, 2.75) is 12.5 Å². The first-order chi connectivity index (χ1) is 8.52. The van der Waals surface area contributed by atoms with Crippen molar-refractivity contribution in [3.05, 3.63) is 30.6 Å². The number of carbonyl (C=O) groups is 2. The van der Waals surface area contributed by atoms with Gasteiger partial charge in [0.2, 0.25) is 0 Å². The van der Waals surface area contributed by atoms with E-state index in [0.29, 0.717) is 5.56 Å². The van der Waals surface area contributed by atoms with Crippen molar-refractivity contribution in [1.82, 2.24) is 15.1 Å². The number of rotatable bonds is 6. The van der Waals surface area contributed by atoms with Crippen molar-refractivity contribution < 1.29 is 19.4 Å². The van der Waals surface area contributed by atoms with E-state index < -0.39 is 18.1 Å². The lowest BCUT2D eigenvalue weighted by Gasteiger charge is -2.13. The second-order valence-corrected chi connectivity index (χ2v) is 3.65. The fourth-order valence-corrected chi connectivity index (χ4v) is 1.33. The molecule has 0 aliphatic carbocycles. The Morgan fingerprint density at radius 1 is 1.72 bits per heavy atom. The van der Waals surface area contributed by atoms with Crippen molar-refractivity contribution in [2.75, 3.05) is 6.61 Å². The summed E-state index contributed by atoms with van der Waals surface area (Å²) in [6.07, 6.45) is 3.99. The maximum atomic E-state index is 11.2. The zero-order valence-corrected chi connectivity index (χ0v) is 10.00. The van der Waals surface area contributed by atoms with Gasteiger partial charge in [0.15, 0.2) is 0 Å². The van der Waals surface area contributed by atoms with Crippen LogP contribution in [0, 0.1) is 0 Å². The number of hydrogen-bond acceptors (Lipinski definition) is 4. The lowest BCUT2D eigenvalue weighted by molar-refractivity contribution is -0.139. The molecule has 0 bridgehead atoms. The molecule has 98 valence electrons. The van der Waals surface area contributed by atoms with Gasteiger partial charge in [-0.25, -0.2) is 9.59 Å². The highest BCUT2D eigenvalue weighted by Gasteiger charge is 2.21. The first-order valence-corrected chi connectivity index (χ1v) is 5.27.